The lowest BCUT2D eigenvalue weighted by Gasteiger charge is -2.34. The van der Waals surface area contributed by atoms with Crippen molar-refractivity contribution in [3.8, 4) is 0 Å². The summed E-state index contributed by atoms with van der Waals surface area (Å²) in [6.07, 6.45) is -2.85. The lowest BCUT2D eigenvalue weighted by atomic mass is 10.0. The van der Waals surface area contributed by atoms with Crippen LogP contribution in [0.1, 0.15) is 28.8 Å². The van der Waals surface area contributed by atoms with E-state index < -0.39 is 17.6 Å². The predicted molar refractivity (Wildman–Crippen MR) is 72.2 cm³/mol. The standard InChI is InChI=1S/C14H17F3N2O2/c1-21-12-3-2-4-19(8-12)11-6-9(13(18)20)5-10(7-11)14(15,16)17/h5-7,12H,2-4,8H2,1H3,(H2,18,20). The van der Waals surface area contributed by atoms with Crippen LogP contribution in [0.5, 0.6) is 0 Å². The minimum Gasteiger partial charge on any atom is -0.380 e. The van der Waals surface area contributed by atoms with E-state index in [1.165, 1.54) is 6.07 Å². The Morgan fingerprint density at radius 2 is 2.10 bits per heavy atom. The van der Waals surface area contributed by atoms with Gasteiger partial charge in [0.1, 0.15) is 0 Å². The van der Waals surface area contributed by atoms with Crippen LogP contribution in [0.25, 0.3) is 0 Å². The molecule has 0 aliphatic carbocycles. The summed E-state index contributed by atoms with van der Waals surface area (Å²) in [5.74, 6) is -0.873. The second-order valence-corrected chi connectivity index (χ2v) is 5.08. The van der Waals surface area contributed by atoms with E-state index in [4.69, 9.17) is 10.5 Å². The molecule has 4 nitrogen and oxygen atoms in total. The van der Waals surface area contributed by atoms with Crippen molar-refractivity contribution < 1.29 is 22.7 Å². The molecule has 1 atom stereocenters. The van der Waals surface area contributed by atoms with Crippen LogP contribution in [-0.2, 0) is 10.9 Å². The van der Waals surface area contributed by atoms with Crippen molar-refractivity contribution in [2.45, 2.75) is 25.1 Å². The first kappa shape index (κ1) is 15.6. The highest BCUT2D eigenvalue weighted by atomic mass is 19.4. The Kier molecular flexibility index (Phi) is 4.41. The Labute approximate surface area is 120 Å². The predicted octanol–water partition coefficient (Wildman–Crippen LogP) is 2.42. The third kappa shape index (κ3) is 3.66. The van der Waals surface area contributed by atoms with Crippen LogP contribution in [0.15, 0.2) is 18.2 Å². The van der Waals surface area contributed by atoms with Crippen LogP contribution in [0.4, 0.5) is 18.9 Å². The zero-order valence-corrected chi connectivity index (χ0v) is 11.6. The molecule has 116 valence electrons. The summed E-state index contributed by atoms with van der Waals surface area (Å²) >= 11 is 0. The third-order valence-corrected chi connectivity index (χ3v) is 3.61. The molecule has 1 aromatic rings. The number of primary amides is 1. The molecule has 0 aromatic heterocycles. The highest BCUT2D eigenvalue weighted by Gasteiger charge is 2.32. The van der Waals surface area contributed by atoms with Crippen molar-refractivity contribution >= 4 is 11.6 Å². The molecular formula is C14H17F3N2O2. The molecule has 1 aliphatic rings. The molecule has 2 N–H and O–H groups in total. The average molecular weight is 302 g/mol. The maximum absolute atomic E-state index is 12.9. The topological polar surface area (TPSA) is 55.6 Å². The zero-order chi connectivity index (χ0) is 15.6. The van der Waals surface area contributed by atoms with Gasteiger partial charge in [-0.25, -0.2) is 0 Å². The summed E-state index contributed by atoms with van der Waals surface area (Å²) in [6, 6.07) is 3.23. The summed E-state index contributed by atoms with van der Waals surface area (Å²) in [7, 11) is 1.58. The van der Waals surface area contributed by atoms with E-state index in [1.54, 1.807) is 12.0 Å². The monoisotopic (exact) mass is 302 g/mol. The highest BCUT2D eigenvalue weighted by Crippen LogP contribution is 2.33. The van der Waals surface area contributed by atoms with Crippen LogP contribution in [0, 0.1) is 0 Å². The summed E-state index contributed by atoms with van der Waals surface area (Å²) in [5, 5.41) is 0. The van der Waals surface area contributed by atoms with Gasteiger partial charge in [-0.15, -0.1) is 0 Å². The van der Waals surface area contributed by atoms with Crippen molar-refractivity contribution in [2.24, 2.45) is 5.73 Å². The van der Waals surface area contributed by atoms with Crippen molar-refractivity contribution in [3.05, 3.63) is 29.3 Å². The number of hydrogen-bond donors (Lipinski definition) is 1. The van der Waals surface area contributed by atoms with Gasteiger partial charge in [0.25, 0.3) is 0 Å². The number of methoxy groups -OCH3 is 1. The van der Waals surface area contributed by atoms with Crippen molar-refractivity contribution in [2.75, 3.05) is 25.1 Å². The quantitative estimate of drug-likeness (QED) is 0.933. The number of amides is 1. The maximum atomic E-state index is 12.9. The Balaban J connectivity index is 2.38. The minimum atomic E-state index is -4.52. The molecular weight excluding hydrogens is 285 g/mol. The lowest BCUT2D eigenvalue weighted by Crippen LogP contribution is -2.39. The Morgan fingerprint density at radius 3 is 2.67 bits per heavy atom. The fraction of sp³-hybridized carbons (Fsp3) is 0.500. The first-order valence-electron chi connectivity index (χ1n) is 6.61. The first-order chi connectivity index (χ1) is 9.81. The molecule has 1 aromatic carbocycles. The fourth-order valence-corrected chi connectivity index (χ4v) is 2.46. The lowest BCUT2D eigenvalue weighted by molar-refractivity contribution is -0.137. The van der Waals surface area contributed by atoms with Crippen LogP contribution in [0.3, 0.4) is 0 Å². The second kappa shape index (κ2) is 5.93. The van der Waals surface area contributed by atoms with E-state index in [9.17, 15) is 18.0 Å². The summed E-state index contributed by atoms with van der Waals surface area (Å²) in [6.45, 7) is 1.12. The number of alkyl halides is 3. The molecule has 1 saturated heterocycles. The van der Waals surface area contributed by atoms with Gasteiger partial charge in [-0.05, 0) is 31.0 Å². The molecule has 1 aliphatic heterocycles. The van der Waals surface area contributed by atoms with E-state index in [2.05, 4.69) is 0 Å². The number of carbonyl (C=O) groups is 1. The van der Waals surface area contributed by atoms with Gasteiger partial charge in [0, 0.05) is 31.5 Å². The molecule has 0 saturated carbocycles. The Morgan fingerprint density at radius 1 is 1.38 bits per heavy atom. The number of rotatable bonds is 3. The number of piperidine rings is 1. The zero-order valence-electron chi connectivity index (χ0n) is 11.6. The minimum absolute atomic E-state index is 0.0229. The molecule has 0 radical (unpaired) electrons. The van der Waals surface area contributed by atoms with E-state index >= 15 is 0 Å². The van der Waals surface area contributed by atoms with E-state index in [1.807, 2.05) is 0 Å². The van der Waals surface area contributed by atoms with Gasteiger partial charge in [0.2, 0.25) is 5.91 Å². The number of halogens is 3. The Hall–Kier alpha value is -1.76. The highest BCUT2D eigenvalue weighted by molar-refractivity contribution is 5.94. The van der Waals surface area contributed by atoms with Gasteiger partial charge in [-0.2, -0.15) is 13.2 Å². The van der Waals surface area contributed by atoms with Crippen LogP contribution in [-0.4, -0.2) is 32.2 Å². The SMILES string of the molecule is COC1CCCN(c2cc(C(N)=O)cc(C(F)(F)F)c2)C1. The molecule has 0 bridgehead atoms. The van der Waals surface area contributed by atoms with Crippen LogP contribution >= 0.6 is 0 Å². The van der Waals surface area contributed by atoms with Crippen molar-refractivity contribution in [3.63, 3.8) is 0 Å². The molecule has 1 fully saturated rings. The average Bonchev–Trinajstić information content (AvgIpc) is 2.46. The smallest absolute Gasteiger partial charge is 0.380 e. The number of nitrogens with two attached hydrogens (primary N) is 1. The molecule has 0 spiro atoms. The summed E-state index contributed by atoms with van der Waals surface area (Å²) < 4.78 is 44.0. The number of hydrogen-bond acceptors (Lipinski definition) is 3. The number of anilines is 1. The van der Waals surface area contributed by atoms with Gasteiger partial charge in [0.05, 0.1) is 11.7 Å². The number of benzene rings is 1. The number of ether oxygens (including phenoxy) is 1. The van der Waals surface area contributed by atoms with Crippen molar-refractivity contribution in [1.29, 1.82) is 0 Å². The van der Waals surface area contributed by atoms with Crippen LogP contribution < -0.4 is 10.6 Å². The van der Waals surface area contributed by atoms with Gasteiger partial charge < -0.3 is 15.4 Å². The van der Waals surface area contributed by atoms with Gasteiger partial charge >= 0.3 is 6.18 Å². The van der Waals surface area contributed by atoms with Gasteiger partial charge in [-0.3, -0.25) is 4.79 Å². The first-order valence-corrected chi connectivity index (χ1v) is 6.61. The fourth-order valence-electron chi connectivity index (χ4n) is 2.46. The third-order valence-electron chi connectivity index (χ3n) is 3.61. The molecule has 21 heavy (non-hydrogen) atoms. The van der Waals surface area contributed by atoms with Crippen molar-refractivity contribution in [1.82, 2.24) is 0 Å². The molecule has 1 unspecified atom stereocenters. The van der Waals surface area contributed by atoms with Gasteiger partial charge in [-0.1, -0.05) is 0 Å². The molecule has 2 rings (SSSR count). The Bertz CT molecular complexity index is 531. The molecule has 1 heterocycles. The second-order valence-electron chi connectivity index (χ2n) is 5.08. The number of nitrogens with zero attached hydrogens (tertiary/aromatic N) is 1. The number of carbonyl (C=O) groups excluding carboxylic acids is 1. The summed E-state index contributed by atoms with van der Waals surface area (Å²) in [5.41, 5.74) is 4.47. The maximum Gasteiger partial charge on any atom is 0.416 e. The molecule has 1 amide bonds. The largest absolute Gasteiger partial charge is 0.416 e. The van der Waals surface area contributed by atoms with E-state index in [0.717, 1.165) is 25.0 Å². The van der Waals surface area contributed by atoms with E-state index in [-0.39, 0.29) is 11.7 Å². The van der Waals surface area contributed by atoms with E-state index in [0.29, 0.717) is 18.8 Å². The van der Waals surface area contributed by atoms with Gasteiger partial charge in [0.15, 0.2) is 0 Å². The van der Waals surface area contributed by atoms with Crippen LogP contribution in [0.2, 0.25) is 0 Å². The summed E-state index contributed by atoms with van der Waals surface area (Å²) in [4.78, 5) is 13.0. The normalized spacial score (nSPS) is 19.6. The molecule has 7 heteroatoms.